The quantitative estimate of drug-likeness (QED) is 0.273. The number of hydrogen-bond acceptors (Lipinski definition) is 3. The molecule has 2 rings (SSSR count). The Kier molecular flexibility index (Phi) is 8.62. The van der Waals surface area contributed by atoms with Crippen molar-refractivity contribution in [3.8, 4) is 0 Å². The van der Waals surface area contributed by atoms with Crippen LogP contribution in [0.4, 0.5) is 11.4 Å². The number of hydrogen-bond donors (Lipinski definition) is 1. The fourth-order valence-corrected chi connectivity index (χ4v) is 3.34. The van der Waals surface area contributed by atoms with Crippen LogP contribution in [0.1, 0.15) is 35.6 Å². The van der Waals surface area contributed by atoms with E-state index in [0.717, 1.165) is 34.7 Å². The number of non-ortho nitro benzene ring substituents is 1. The predicted octanol–water partition coefficient (Wildman–Crippen LogP) is 6.47. The molecule has 0 aliphatic heterocycles. The highest BCUT2D eigenvalue weighted by molar-refractivity contribution is 6.32. The molecule has 0 fully saturated rings. The number of aryl methyl sites for hydroxylation is 2. The Labute approximate surface area is 164 Å². The molecule has 4 nitrogen and oxygen atoms in total. The van der Waals surface area contributed by atoms with Crippen LogP contribution in [0, 0.1) is 24.0 Å². The van der Waals surface area contributed by atoms with E-state index < -0.39 is 4.92 Å². The lowest BCUT2D eigenvalue weighted by Gasteiger charge is -2.07. The van der Waals surface area contributed by atoms with Crippen molar-refractivity contribution >= 4 is 34.6 Å². The lowest BCUT2D eigenvalue weighted by atomic mass is 10.0. The van der Waals surface area contributed by atoms with E-state index in [9.17, 15) is 10.1 Å². The number of allylic oxidation sites excluding steroid dienone is 1. The van der Waals surface area contributed by atoms with Gasteiger partial charge in [-0.2, -0.15) is 0 Å². The lowest BCUT2D eigenvalue weighted by molar-refractivity contribution is -0.384. The highest BCUT2D eigenvalue weighted by Crippen LogP contribution is 2.27. The molecule has 26 heavy (non-hydrogen) atoms. The highest BCUT2D eigenvalue weighted by Gasteiger charge is 2.11. The van der Waals surface area contributed by atoms with Crippen LogP contribution in [0.15, 0.2) is 36.9 Å². The molecular formula is C20H24Cl2N2O2. The fourth-order valence-electron chi connectivity index (χ4n) is 2.63. The van der Waals surface area contributed by atoms with E-state index in [2.05, 4.69) is 13.5 Å². The van der Waals surface area contributed by atoms with Gasteiger partial charge in [0.25, 0.3) is 5.69 Å². The Hall–Kier alpha value is -2.04. The Bertz CT molecular complexity index is 758. The highest BCUT2D eigenvalue weighted by atomic mass is 35.5. The molecule has 0 aliphatic carbocycles. The van der Waals surface area contributed by atoms with Gasteiger partial charge in [0.1, 0.15) is 0 Å². The van der Waals surface area contributed by atoms with Gasteiger partial charge in [-0.05, 0) is 61.1 Å². The zero-order chi connectivity index (χ0) is 19.9. The van der Waals surface area contributed by atoms with E-state index in [1.165, 1.54) is 23.3 Å². The molecule has 0 spiro atoms. The van der Waals surface area contributed by atoms with E-state index in [4.69, 9.17) is 28.9 Å². The number of halogens is 2. The van der Waals surface area contributed by atoms with Gasteiger partial charge in [0.2, 0.25) is 0 Å². The minimum atomic E-state index is -0.448. The van der Waals surface area contributed by atoms with E-state index in [1.54, 1.807) is 13.0 Å². The molecule has 0 radical (unpaired) electrons. The van der Waals surface area contributed by atoms with Crippen molar-refractivity contribution < 1.29 is 4.92 Å². The topological polar surface area (TPSA) is 69.2 Å². The smallest absolute Gasteiger partial charge is 0.271 e. The Balaban J connectivity index is 0.000000263. The minimum absolute atomic E-state index is 0.0281. The number of nitrogens with two attached hydrogens (primary N) is 1. The summed E-state index contributed by atoms with van der Waals surface area (Å²) in [6.07, 6.45) is 4.50. The number of benzene rings is 2. The second-order valence-corrected chi connectivity index (χ2v) is 6.84. The van der Waals surface area contributed by atoms with Crippen LogP contribution < -0.4 is 5.73 Å². The SMILES string of the molecule is C=CCc1c(C)cc([N+](=O)[O-])cc1Cl.CCCc1c(C)cc(N)cc1Cl. The van der Waals surface area contributed by atoms with E-state index >= 15 is 0 Å². The molecule has 2 N–H and O–H groups in total. The molecule has 6 heteroatoms. The van der Waals surface area contributed by atoms with Crippen molar-refractivity contribution in [3.05, 3.63) is 79.3 Å². The number of nitro groups is 1. The summed E-state index contributed by atoms with van der Waals surface area (Å²) in [4.78, 5) is 10.1. The van der Waals surface area contributed by atoms with Crippen molar-refractivity contribution in [1.29, 1.82) is 0 Å². The van der Waals surface area contributed by atoms with Crippen LogP contribution in [0.25, 0.3) is 0 Å². The van der Waals surface area contributed by atoms with Gasteiger partial charge >= 0.3 is 0 Å². The monoisotopic (exact) mass is 394 g/mol. The molecule has 0 aromatic heterocycles. The normalized spacial score (nSPS) is 10.0. The van der Waals surface area contributed by atoms with Gasteiger partial charge in [0.15, 0.2) is 0 Å². The summed E-state index contributed by atoms with van der Waals surface area (Å²) < 4.78 is 0. The summed E-state index contributed by atoms with van der Waals surface area (Å²) in [7, 11) is 0. The third-order valence-corrected chi connectivity index (χ3v) is 4.58. The number of nitro benzene ring substituents is 1. The Morgan fingerprint density at radius 1 is 1.12 bits per heavy atom. The molecule has 0 heterocycles. The molecule has 2 aromatic carbocycles. The summed E-state index contributed by atoms with van der Waals surface area (Å²) in [6.45, 7) is 9.60. The maximum atomic E-state index is 10.5. The molecule has 2 aromatic rings. The van der Waals surface area contributed by atoms with E-state index in [1.807, 2.05) is 19.1 Å². The van der Waals surface area contributed by atoms with Crippen molar-refractivity contribution in [1.82, 2.24) is 0 Å². The molecule has 0 aliphatic rings. The third-order valence-electron chi connectivity index (χ3n) is 3.90. The van der Waals surface area contributed by atoms with Gasteiger partial charge in [-0.3, -0.25) is 10.1 Å². The van der Waals surface area contributed by atoms with Crippen LogP contribution in [0.5, 0.6) is 0 Å². The Morgan fingerprint density at radius 2 is 1.69 bits per heavy atom. The van der Waals surface area contributed by atoms with Gasteiger partial charge in [0, 0.05) is 22.8 Å². The molecule has 0 amide bonds. The molecule has 0 atom stereocenters. The third kappa shape index (κ3) is 6.04. The maximum Gasteiger partial charge on any atom is 0.271 e. The first kappa shape index (κ1) is 22.0. The first-order chi connectivity index (χ1) is 12.2. The summed E-state index contributed by atoms with van der Waals surface area (Å²) in [5.41, 5.74) is 10.6. The summed E-state index contributed by atoms with van der Waals surface area (Å²) in [6, 6.07) is 6.68. The second kappa shape index (κ2) is 10.2. The average molecular weight is 395 g/mol. The lowest BCUT2D eigenvalue weighted by Crippen LogP contribution is -1.94. The standard InChI is InChI=1S/C10H10ClNO2.C10H14ClN/c1-3-4-9-7(2)5-8(12(13)14)6-10(9)11;1-3-4-9-7(2)5-8(12)6-10(9)11/h3,5-6H,1,4H2,2H3;5-6H,3-4,12H2,1-2H3. The summed E-state index contributed by atoms with van der Waals surface area (Å²) >= 11 is 11.9. The number of anilines is 1. The molecule has 0 saturated carbocycles. The second-order valence-electron chi connectivity index (χ2n) is 6.02. The average Bonchev–Trinajstić information content (AvgIpc) is 2.54. The van der Waals surface area contributed by atoms with Crippen molar-refractivity contribution in [2.75, 3.05) is 5.73 Å². The summed E-state index contributed by atoms with van der Waals surface area (Å²) in [5, 5.41) is 11.7. The maximum absolute atomic E-state index is 10.5. The zero-order valence-electron chi connectivity index (χ0n) is 15.3. The number of rotatable bonds is 5. The van der Waals surface area contributed by atoms with Gasteiger partial charge in [-0.25, -0.2) is 0 Å². The minimum Gasteiger partial charge on any atom is -0.399 e. The van der Waals surface area contributed by atoms with Crippen LogP contribution >= 0.6 is 23.2 Å². The van der Waals surface area contributed by atoms with Crippen molar-refractivity contribution in [2.45, 2.75) is 40.0 Å². The van der Waals surface area contributed by atoms with Gasteiger partial charge in [-0.15, -0.1) is 6.58 Å². The van der Waals surface area contributed by atoms with Crippen LogP contribution in [0.3, 0.4) is 0 Å². The molecule has 0 bridgehead atoms. The first-order valence-electron chi connectivity index (χ1n) is 8.30. The van der Waals surface area contributed by atoms with Gasteiger partial charge < -0.3 is 5.73 Å². The van der Waals surface area contributed by atoms with E-state index in [-0.39, 0.29) is 5.69 Å². The Morgan fingerprint density at radius 3 is 2.15 bits per heavy atom. The number of nitrogen functional groups attached to an aromatic ring is 1. The van der Waals surface area contributed by atoms with E-state index in [0.29, 0.717) is 11.4 Å². The van der Waals surface area contributed by atoms with Crippen LogP contribution in [-0.2, 0) is 12.8 Å². The van der Waals surface area contributed by atoms with Crippen LogP contribution in [-0.4, -0.2) is 4.92 Å². The number of nitrogens with zero attached hydrogens (tertiary/aromatic N) is 1. The van der Waals surface area contributed by atoms with Gasteiger partial charge in [0.05, 0.1) is 9.95 Å². The van der Waals surface area contributed by atoms with Gasteiger partial charge in [-0.1, -0.05) is 42.6 Å². The van der Waals surface area contributed by atoms with Crippen molar-refractivity contribution in [2.24, 2.45) is 0 Å². The molecule has 0 saturated heterocycles. The molecular weight excluding hydrogens is 371 g/mol. The van der Waals surface area contributed by atoms with Crippen molar-refractivity contribution in [3.63, 3.8) is 0 Å². The molecule has 140 valence electrons. The molecule has 0 unspecified atom stereocenters. The fraction of sp³-hybridized carbons (Fsp3) is 0.300. The van der Waals surface area contributed by atoms with Crippen LogP contribution in [0.2, 0.25) is 10.0 Å². The zero-order valence-corrected chi connectivity index (χ0v) is 16.8. The summed E-state index contributed by atoms with van der Waals surface area (Å²) in [5.74, 6) is 0. The first-order valence-corrected chi connectivity index (χ1v) is 9.05. The predicted molar refractivity (Wildman–Crippen MR) is 111 cm³/mol. The largest absolute Gasteiger partial charge is 0.399 e.